The summed E-state index contributed by atoms with van der Waals surface area (Å²) in [6.45, 7) is 2.14. The SMILES string of the molecule is O=C1Cc2cnc(Nc3ccc(C(=O)N4CCCN(O)CC4)cc3)nc2-c2ccccc2N1. The summed E-state index contributed by atoms with van der Waals surface area (Å²) in [6, 6.07) is 14.7. The molecule has 0 unspecified atom stereocenters. The van der Waals surface area contributed by atoms with Crippen LogP contribution in [-0.2, 0) is 11.2 Å². The molecule has 2 amide bonds. The molecular formula is C24H24N6O3. The van der Waals surface area contributed by atoms with Crippen LogP contribution >= 0.6 is 0 Å². The third kappa shape index (κ3) is 4.55. The monoisotopic (exact) mass is 444 g/mol. The Balaban J connectivity index is 1.34. The van der Waals surface area contributed by atoms with E-state index in [1.54, 1.807) is 23.2 Å². The standard InChI is InChI=1S/C24H24N6O3/c31-21-14-17-15-25-24(28-22(17)19-4-1-2-5-20(19)27-21)26-18-8-6-16(7-9-18)23(32)29-10-3-11-30(33)13-12-29/h1-2,4-9,15,33H,3,10-14H2,(H,27,31)(H,25,26,28). The summed E-state index contributed by atoms with van der Waals surface area (Å²) in [5, 5.41) is 17.0. The zero-order chi connectivity index (χ0) is 22.8. The zero-order valence-electron chi connectivity index (χ0n) is 18.0. The second-order valence-corrected chi connectivity index (χ2v) is 8.14. The predicted molar refractivity (Wildman–Crippen MR) is 123 cm³/mol. The molecule has 9 heteroatoms. The first-order valence-corrected chi connectivity index (χ1v) is 10.9. The maximum absolute atomic E-state index is 12.8. The lowest BCUT2D eigenvalue weighted by molar-refractivity contribution is -0.115. The van der Waals surface area contributed by atoms with E-state index in [2.05, 4.69) is 20.6 Å². The number of nitrogens with one attached hydrogen (secondary N) is 2. The van der Waals surface area contributed by atoms with Gasteiger partial charge in [0.25, 0.3) is 5.91 Å². The molecule has 0 saturated carbocycles. The number of para-hydroxylation sites is 1. The van der Waals surface area contributed by atoms with E-state index in [1.807, 2.05) is 36.4 Å². The third-order valence-corrected chi connectivity index (χ3v) is 5.82. The Morgan fingerprint density at radius 1 is 1.03 bits per heavy atom. The number of benzene rings is 2. The maximum atomic E-state index is 12.8. The molecule has 1 aromatic heterocycles. The van der Waals surface area contributed by atoms with E-state index < -0.39 is 0 Å². The zero-order valence-corrected chi connectivity index (χ0v) is 18.0. The molecule has 0 aliphatic carbocycles. The predicted octanol–water partition coefficient (Wildman–Crippen LogP) is 2.92. The van der Waals surface area contributed by atoms with Crippen LogP contribution < -0.4 is 10.6 Å². The van der Waals surface area contributed by atoms with Crippen molar-refractivity contribution in [2.24, 2.45) is 0 Å². The molecule has 2 aliphatic heterocycles. The topological polar surface area (TPSA) is 111 Å². The molecule has 9 nitrogen and oxygen atoms in total. The van der Waals surface area contributed by atoms with Crippen molar-refractivity contribution < 1.29 is 14.8 Å². The highest BCUT2D eigenvalue weighted by molar-refractivity contribution is 6.00. The number of rotatable bonds is 3. The number of carbonyl (C=O) groups excluding carboxylic acids is 2. The maximum Gasteiger partial charge on any atom is 0.253 e. The first kappa shape index (κ1) is 21.0. The van der Waals surface area contributed by atoms with E-state index in [9.17, 15) is 14.8 Å². The van der Waals surface area contributed by atoms with Crippen LogP contribution in [0.25, 0.3) is 11.3 Å². The lowest BCUT2D eigenvalue weighted by Crippen LogP contribution is -2.34. The summed E-state index contributed by atoms with van der Waals surface area (Å²) >= 11 is 0. The van der Waals surface area contributed by atoms with Gasteiger partial charge in [0.05, 0.1) is 17.8 Å². The van der Waals surface area contributed by atoms with Crippen molar-refractivity contribution in [1.29, 1.82) is 0 Å². The molecule has 1 fully saturated rings. The number of nitrogens with zero attached hydrogens (tertiary/aromatic N) is 4. The van der Waals surface area contributed by atoms with Crippen LogP contribution in [-0.4, -0.2) is 63.1 Å². The van der Waals surface area contributed by atoms with E-state index in [-0.39, 0.29) is 18.2 Å². The minimum absolute atomic E-state index is 0.0492. The van der Waals surface area contributed by atoms with Gasteiger partial charge < -0.3 is 20.7 Å². The number of hydrogen-bond acceptors (Lipinski definition) is 7. The molecule has 2 aromatic carbocycles. The minimum atomic E-state index is -0.0955. The molecule has 0 bridgehead atoms. The van der Waals surface area contributed by atoms with Gasteiger partial charge in [-0.25, -0.2) is 9.97 Å². The molecule has 3 heterocycles. The fraction of sp³-hybridized carbons (Fsp3) is 0.250. The summed E-state index contributed by atoms with van der Waals surface area (Å²) < 4.78 is 0. The summed E-state index contributed by atoms with van der Waals surface area (Å²) in [5.74, 6) is 0.265. The van der Waals surface area contributed by atoms with Crippen molar-refractivity contribution >= 4 is 29.1 Å². The summed E-state index contributed by atoms with van der Waals surface area (Å²) in [6.07, 6.45) is 2.63. The van der Waals surface area contributed by atoms with Crippen LogP contribution in [0.4, 0.5) is 17.3 Å². The highest BCUT2D eigenvalue weighted by Gasteiger charge is 2.21. The van der Waals surface area contributed by atoms with Gasteiger partial charge in [0, 0.05) is 54.8 Å². The van der Waals surface area contributed by atoms with Gasteiger partial charge in [0.15, 0.2) is 0 Å². The van der Waals surface area contributed by atoms with Crippen molar-refractivity contribution in [3.05, 3.63) is 65.9 Å². The number of carbonyl (C=O) groups is 2. The molecule has 168 valence electrons. The Labute approximate surface area is 191 Å². The van der Waals surface area contributed by atoms with E-state index in [1.165, 1.54) is 5.06 Å². The second-order valence-electron chi connectivity index (χ2n) is 8.14. The van der Waals surface area contributed by atoms with Gasteiger partial charge in [-0.05, 0) is 36.8 Å². The summed E-state index contributed by atoms with van der Waals surface area (Å²) in [7, 11) is 0. The second kappa shape index (κ2) is 8.97. The van der Waals surface area contributed by atoms with Crippen molar-refractivity contribution in [2.45, 2.75) is 12.8 Å². The van der Waals surface area contributed by atoms with E-state index in [0.717, 1.165) is 28.9 Å². The molecular weight excluding hydrogens is 420 g/mol. The Morgan fingerprint density at radius 3 is 2.70 bits per heavy atom. The number of fused-ring (bicyclic) bond motifs is 3. The Kier molecular flexibility index (Phi) is 5.72. The fourth-order valence-electron chi connectivity index (χ4n) is 4.11. The van der Waals surface area contributed by atoms with Gasteiger partial charge >= 0.3 is 0 Å². The molecule has 5 rings (SSSR count). The molecule has 0 radical (unpaired) electrons. The highest BCUT2D eigenvalue weighted by atomic mass is 16.5. The molecule has 1 saturated heterocycles. The summed E-state index contributed by atoms with van der Waals surface area (Å²) in [5.41, 5.74) is 4.40. The molecule has 33 heavy (non-hydrogen) atoms. The van der Waals surface area contributed by atoms with Crippen molar-refractivity contribution in [3.63, 3.8) is 0 Å². The minimum Gasteiger partial charge on any atom is -0.337 e. The average molecular weight is 444 g/mol. The van der Waals surface area contributed by atoms with Crippen LogP contribution in [0, 0.1) is 0 Å². The smallest absolute Gasteiger partial charge is 0.253 e. The summed E-state index contributed by atoms with van der Waals surface area (Å²) in [4.78, 5) is 35.8. The third-order valence-electron chi connectivity index (χ3n) is 5.82. The molecule has 0 atom stereocenters. The largest absolute Gasteiger partial charge is 0.337 e. The molecule has 0 spiro atoms. The number of aromatic nitrogens is 2. The Hall–Kier alpha value is -3.82. The fourth-order valence-corrected chi connectivity index (χ4v) is 4.11. The van der Waals surface area contributed by atoms with Crippen molar-refractivity contribution in [2.75, 3.05) is 36.8 Å². The van der Waals surface area contributed by atoms with Gasteiger partial charge in [0.2, 0.25) is 11.9 Å². The van der Waals surface area contributed by atoms with Crippen LogP contribution in [0.3, 0.4) is 0 Å². The first-order chi connectivity index (χ1) is 16.1. The van der Waals surface area contributed by atoms with Crippen LogP contribution in [0.1, 0.15) is 22.3 Å². The molecule has 3 aromatic rings. The highest BCUT2D eigenvalue weighted by Crippen LogP contribution is 2.32. The average Bonchev–Trinajstić information content (AvgIpc) is 3.12. The number of amides is 2. The van der Waals surface area contributed by atoms with Gasteiger partial charge in [-0.15, -0.1) is 0 Å². The first-order valence-electron chi connectivity index (χ1n) is 10.9. The lowest BCUT2D eigenvalue weighted by Gasteiger charge is -2.20. The van der Waals surface area contributed by atoms with Crippen LogP contribution in [0.2, 0.25) is 0 Å². The number of hydroxylamine groups is 2. The molecule has 2 aliphatic rings. The van der Waals surface area contributed by atoms with Crippen molar-refractivity contribution in [3.8, 4) is 11.3 Å². The van der Waals surface area contributed by atoms with Crippen LogP contribution in [0.15, 0.2) is 54.7 Å². The Morgan fingerprint density at radius 2 is 1.85 bits per heavy atom. The van der Waals surface area contributed by atoms with Crippen molar-refractivity contribution in [1.82, 2.24) is 19.9 Å². The van der Waals surface area contributed by atoms with E-state index >= 15 is 0 Å². The quantitative estimate of drug-likeness (QED) is 0.570. The lowest BCUT2D eigenvalue weighted by atomic mass is 10.1. The van der Waals surface area contributed by atoms with Gasteiger partial charge in [0.1, 0.15) is 0 Å². The normalized spacial score (nSPS) is 16.2. The van der Waals surface area contributed by atoms with E-state index in [0.29, 0.717) is 43.4 Å². The molecule has 3 N–H and O–H groups in total. The van der Waals surface area contributed by atoms with E-state index in [4.69, 9.17) is 0 Å². The number of anilines is 3. The number of hydrogen-bond donors (Lipinski definition) is 3. The van der Waals surface area contributed by atoms with Gasteiger partial charge in [-0.1, -0.05) is 18.2 Å². The van der Waals surface area contributed by atoms with Gasteiger partial charge in [-0.3, -0.25) is 9.59 Å². The van der Waals surface area contributed by atoms with Crippen LogP contribution in [0.5, 0.6) is 0 Å². The van der Waals surface area contributed by atoms with Gasteiger partial charge in [-0.2, -0.15) is 5.06 Å². The Bertz CT molecular complexity index is 1200.